The Kier molecular flexibility index (Phi) is 5.23. The molecule has 0 atom stereocenters. The number of halogens is 1. The van der Waals surface area contributed by atoms with Crippen molar-refractivity contribution in [3.05, 3.63) is 65.7 Å². The molecular weight excluding hydrogens is 329 g/mol. The summed E-state index contributed by atoms with van der Waals surface area (Å²) in [6, 6.07) is 9.56. The number of benzene rings is 1. The second-order valence-corrected chi connectivity index (χ2v) is 7.88. The third kappa shape index (κ3) is 4.37. The van der Waals surface area contributed by atoms with E-state index in [-0.39, 0.29) is 11.6 Å². The zero-order chi connectivity index (χ0) is 17.0. The van der Waals surface area contributed by atoms with Crippen LogP contribution in [0, 0.1) is 5.82 Å². The van der Waals surface area contributed by atoms with Crippen LogP contribution in [-0.2, 0) is 22.3 Å². The normalized spacial score (nSPS) is 17.0. The Labute approximate surface area is 141 Å². The topological polar surface area (TPSA) is 53.5 Å². The summed E-state index contributed by atoms with van der Waals surface area (Å²) in [7, 11) is -3.37. The van der Waals surface area contributed by atoms with Crippen LogP contribution < -0.4 is 0 Å². The SMILES string of the molecule is O=S(=O)(Cc1ccc(F)cc1)N1CCN(Cc2ccncc2)CC1. The first-order chi connectivity index (χ1) is 11.5. The fourth-order valence-electron chi connectivity index (χ4n) is 2.79. The van der Waals surface area contributed by atoms with Crippen LogP contribution in [0.5, 0.6) is 0 Å². The molecule has 1 fully saturated rings. The number of nitrogens with zero attached hydrogens (tertiary/aromatic N) is 3. The molecule has 3 rings (SSSR count). The van der Waals surface area contributed by atoms with E-state index in [2.05, 4.69) is 9.88 Å². The van der Waals surface area contributed by atoms with E-state index in [1.54, 1.807) is 12.4 Å². The molecule has 1 aliphatic rings. The van der Waals surface area contributed by atoms with E-state index >= 15 is 0 Å². The Hall–Kier alpha value is -1.83. The van der Waals surface area contributed by atoms with Crippen molar-refractivity contribution in [3.8, 4) is 0 Å². The van der Waals surface area contributed by atoms with Gasteiger partial charge in [0.1, 0.15) is 5.82 Å². The van der Waals surface area contributed by atoms with Gasteiger partial charge in [0.05, 0.1) is 5.75 Å². The largest absolute Gasteiger partial charge is 0.296 e. The third-order valence-corrected chi connectivity index (χ3v) is 5.99. The molecule has 1 saturated heterocycles. The molecule has 0 unspecified atom stereocenters. The Morgan fingerprint density at radius 2 is 1.54 bits per heavy atom. The molecule has 24 heavy (non-hydrogen) atoms. The van der Waals surface area contributed by atoms with Crippen molar-refractivity contribution in [2.24, 2.45) is 0 Å². The quantitative estimate of drug-likeness (QED) is 0.827. The summed E-state index contributed by atoms with van der Waals surface area (Å²) < 4.78 is 39.5. The molecule has 5 nitrogen and oxygen atoms in total. The number of hydrogen-bond acceptors (Lipinski definition) is 4. The second-order valence-electron chi connectivity index (χ2n) is 5.91. The van der Waals surface area contributed by atoms with Crippen LogP contribution in [0.15, 0.2) is 48.8 Å². The molecule has 0 amide bonds. The van der Waals surface area contributed by atoms with Crippen molar-refractivity contribution in [1.82, 2.24) is 14.2 Å². The van der Waals surface area contributed by atoms with E-state index in [0.717, 1.165) is 6.54 Å². The predicted molar refractivity (Wildman–Crippen MR) is 90.1 cm³/mol. The summed E-state index contributed by atoms with van der Waals surface area (Å²) in [5.41, 5.74) is 1.78. The van der Waals surface area contributed by atoms with Gasteiger partial charge in [-0.1, -0.05) is 12.1 Å². The molecule has 1 aromatic heterocycles. The molecule has 0 bridgehead atoms. The lowest BCUT2D eigenvalue weighted by Gasteiger charge is -2.34. The average molecular weight is 349 g/mol. The molecule has 1 aromatic carbocycles. The van der Waals surface area contributed by atoms with Crippen LogP contribution in [0.1, 0.15) is 11.1 Å². The summed E-state index contributed by atoms with van der Waals surface area (Å²) in [6.07, 6.45) is 3.53. The standard InChI is InChI=1S/C17H20FN3O2S/c18-17-3-1-16(2-4-17)14-24(22,23)21-11-9-20(10-12-21)13-15-5-7-19-8-6-15/h1-8H,9-14H2. The van der Waals surface area contributed by atoms with Crippen molar-refractivity contribution in [1.29, 1.82) is 0 Å². The maximum atomic E-state index is 12.9. The number of sulfonamides is 1. The van der Waals surface area contributed by atoms with Crippen molar-refractivity contribution >= 4 is 10.0 Å². The van der Waals surface area contributed by atoms with Gasteiger partial charge < -0.3 is 0 Å². The third-order valence-electron chi connectivity index (χ3n) is 4.14. The first-order valence-electron chi connectivity index (χ1n) is 7.86. The van der Waals surface area contributed by atoms with Crippen molar-refractivity contribution in [2.75, 3.05) is 26.2 Å². The highest BCUT2D eigenvalue weighted by atomic mass is 32.2. The van der Waals surface area contributed by atoms with E-state index in [1.165, 1.54) is 34.1 Å². The molecule has 7 heteroatoms. The number of piperazine rings is 1. The van der Waals surface area contributed by atoms with Gasteiger partial charge in [-0.15, -0.1) is 0 Å². The maximum absolute atomic E-state index is 12.9. The highest BCUT2D eigenvalue weighted by Crippen LogP contribution is 2.15. The van der Waals surface area contributed by atoms with Crippen molar-refractivity contribution in [3.63, 3.8) is 0 Å². The summed E-state index contributed by atoms with van der Waals surface area (Å²) in [6.45, 7) is 3.16. The lowest BCUT2D eigenvalue weighted by molar-refractivity contribution is 0.181. The minimum Gasteiger partial charge on any atom is -0.296 e. The van der Waals surface area contributed by atoms with Crippen molar-refractivity contribution < 1.29 is 12.8 Å². The summed E-state index contributed by atoms with van der Waals surface area (Å²) in [4.78, 5) is 6.23. The zero-order valence-corrected chi connectivity index (χ0v) is 14.1. The van der Waals surface area contributed by atoms with Crippen LogP contribution >= 0.6 is 0 Å². The Morgan fingerprint density at radius 3 is 2.17 bits per heavy atom. The molecule has 0 radical (unpaired) electrons. The number of aromatic nitrogens is 1. The van der Waals surface area contributed by atoms with Gasteiger partial charge in [-0.25, -0.2) is 12.8 Å². The van der Waals surface area contributed by atoms with Crippen molar-refractivity contribution in [2.45, 2.75) is 12.3 Å². The summed E-state index contributed by atoms with van der Waals surface area (Å²) >= 11 is 0. The van der Waals surface area contributed by atoms with Crippen LogP contribution in [0.25, 0.3) is 0 Å². The minimum absolute atomic E-state index is 0.0857. The summed E-state index contributed by atoms with van der Waals surface area (Å²) in [5, 5.41) is 0. The number of hydrogen-bond donors (Lipinski definition) is 0. The molecule has 2 heterocycles. The molecule has 1 aliphatic heterocycles. The maximum Gasteiger partial charge on any atom is 0.218 e. The van der Waals surface area contributed by atoms with Crippen LogP contribution in [0.2, 0.25) is 0 Å². The molecule has 0 N–H and O–H groups in total. The van der Waals surface area contributed by atoms with E-state index in [0.29, 0.717) is 31.7 Å². The highest BCUT2D eigenvalue weighted by molar-refractivity contribution is 7.88. The minimum atomic E-state index is -3.37. The molecule has 0 saturated carbocycles. The first kappa shape index (κ1) is 17.0. The average Bonchev–Trinajstić information content (AvgIpc) is 2.58. The van der Waals surface area contributed by atoms with Gasteiger partial charge in [-0.3, -0.25) is 9.88 Å². The van der Waals surface area contributed by atoms with Crippen LogP contribution in [0.3, 0.4) is 0 Å². The highest BCUT2D eigenvalue weighted by Gasteiger charge is 2.27. The van der Waals surface area contributed by atoms with Gasteiger partial charge in [0.25, 0.3) is 0 Å². The van der Waals surface area contributed by atoms with Gasteiger partial charge in [-0.2, -0.15) is 4.31 Å². The van der Waals surface area contributed by atoms with E-state index in [4.69, 9.17) is 0 Å². The number of pyridine rings is 1. The van der Waals surface area contributed by atoms with Crippen LogP contribution in [0.4, 0.5) is 4.39 Å². The fourth-order valence-corrected chi connectivity index (χ4v) is 4.31. The predicted octanol–water partition coefficient (Wildman–Crippen LogP) is 1.87. The Balaban J connectivity index is 1.56. The van der Waals surface area contributed by atoms with E-state index < -0.39 is 10.0 Å². The lowest BCUT2D eigenvalue weighted by Crippen LogP contribution is -2.48. The Morgan fingerprint density at radius 1 is 0.917 bits per heavy atom. The molecule has 0 aliphatic carbocycles. The monoisotopic (exact) mass is 349 g/mol. The van der Waals surface area contributed by atoms with E-state index in [1.807, 2.05) is 12.1 Å². The second kappa shape index (κ2) is 7.38. The number of rotatable bonds is 5. The molecular formula is C17H20FN3O2S. The first-order valence-corrected chi connectivity index (χ1v) is 9.47. The molecule has 0 spiro atoms. The lowest BCUT2D eigenvalue weighted by atomic mass is 10.2. The summed E-state index contributed by atoms with van der Waals surface area (Å²) in [5.74, 6) is -0.446. The zero-order valence-electron chi connectivity index (χ0n) is 13.3. The Bertz CT molecular complexity index is 758. The fraction of sp³-hybridized carbons (Fsp3) is 0.353. The van der Waals surface area contributed by atoms with Gasteiger partial charge >= 0.3 is 0 Å². The van der Waals surface area contributed by atoms with Gasteiger partial charge in [0.2, 0.25) is 10.0 Å². The van der Waals surface area contributed by atoms with Gasteiger partial charge in [-0.05, 0) is 35.4 Å². The molecule has 128 valence electrons. The van der Waals surface area contributed by atoms with E-state index in [9.17, 15) is 12.8 Å². The van der Waals surface area contributed by atoms with Crippen LogP contribution in [-0.4, -0.2) is 48.8 Å². The smallest absolute Gasteiger partial charge is 0.218 e. The molecule has 2 aromatic rings. The van der Waals surface area contributed by atoms with Gasteiger partial charge in [0.15, 0.2) is 0 Å². The van der Waals surface area contributed by atoms with Gasteiger partial charge in [0, 0.05) is 45.1 Å².